The lowest BCUT2D eigenvalue weighted by molar-refractivity contribution is -0.130. The first-order chi connectivity index (χ1) is 11.2. The van der Waals surface area contributed by atoms with E-state index in [4.69, 9.17) is 5.21 Å². The van der Waals surface area contributed by atoms with Gasteiger partial charge in [-0.05, 0) is 18.4 Å². The maximum absolute atomic E-state index is 12.0. The molecular weight excluding hydrogens is 292 g/mol. The normalized spacial score (nSPS) is 11.7. The Balaban J connectivity index is 2.45. The van der Waals surface area contributed by atoms with Crippen LogP contribution in [0.2, 0.25) is 0 Å². The SMILES string of the molecule is CCCCCCCC(=O)N[C@@H](CC(=O)NO)Cc1ccccc1. The number of amides is 2. The van der Waals surface area contributed by atoms with Crippen molar-refractivity contribution < 1.29 is 14.8 Å². The lowest BCUT2D eigenvalue weighted by Gasteiger charge is -2.18. The van der Waals surface area contributed by atoms with E-state index in [-0.39, 0.29) is 18.4 Å². The number of hydrogen-bond acceptors (Lipinski definition) is 3. The molecule has 1 aromatic rings. The third kappa shape index (κ3) is 8.98. The van der Waals surface area contributed by atoms with Gasteiger partial charge in [-0.1, -0.05) is 62.9 Å². The fourth-order valence-electron chi connectivity index (χ4n) is 2.53. The summed E-state index contributed by atoms with van der Waals surface area (Å²) in [6, 6.07) is 9.38. The molecule has 0 bridgehead atoms. The molecule has 0 aliphatic carbocycles. The van der Waals surface area contributed by atoms with Crippen molar-refractivity contribution in [1.82, 2.24) is 10.8 Å². The summed E-state index contributed by atoms with van der Waals surface area (Å²) in [6.07, 6.45) is 6.58. The van der Waals surface area contributed by atoms with Crippen LogP contribution in [-0.4, -0.2) is 23.1 Å². The monoisotopic (exact) mass is 320 g/mol. The second-order valence-corrected chi connectivity index (χ2v) is 5.86. The molecule has 5 nitrogen and oxygen atoms in total. The van der Waals surface area contributed by atoms with Gasteiger partial charge in [0.05, 0.1) is 0 Å². The Hall–Kier alpha value is -1.88. The molecule has 0 unspecified atom stereocenters. The zero-order valence-electron chi connectivity index (χ0n) is 13.9. The number of nitrogens with one attached hydrogen (secondary N) is 2. The van der Waals surface area contributed by atoms with Crippen LogP contribution < -0.4 is 10.8 Å². The third-order valence-electron chi connectivity index (χ3n) is 3.75. The van der Waals surface area contributed by atoms with E-state index in [9.17, 15) is 9.59 Å². The molecule has 3 N–H and O–H groups in total. The van der Waals surface area contributed by atoms with Crippen LogP contribution in [0.4, 0.5) is 0 Å². The van der Waals surface area contributed by atoms with Crippen molar-refractivity contribution in [3.8, 4) is 0 Å². The zero-order chi connectivity index (χ0) is 16.9. The van der Waals surface area contributed by atoms with Crippen LogP contribution in [0, 0.1) is 0 Å². The van der Waals surface area contributed by atoms with Crippen molar-refractivity contribution in [2.24, 2.45) is 0 Å². The van der Waals surface area contributed by atoms with Gasteiger partial charge in [-0.25, -0.2) is 5.48 Å². The molecular formula is C18H28N2O3. The summed E-state index contributed by atoms with van der Waals surface area (Å²) in [5.74, 6) is -0.526. The molecule has 23 heavy (non-hydrogen) atoms. The first kappa shape index (κ1) is 19.2. The van der Waals surface area contributed by atoms with Crippen LogP contribution in [0.15, 0.2) is 30.3 Å². The minimum absolute atomic E-state index is 0.0341. The fraction of sp³-hybridized carbons (Fsp3) is 0.556. The Bertz CT molecular complexity index is 463. The molecule has 0 saturated carbocycles. The largest absolute Gasteiger partial charge is 0.353 e. The van der Waals surface area contributed by atoms with Crippen molar-refractivity contribution in [3.63, 3.8) is 0 Å². The molecule has 1 aromatic carbocycles. The highest BCUT2D eigenvalue weighted by molar-refractivity contribution is 5.79. The average molecular weight is 320 g/mol. The second kappa shape index (κ2) is 11.7. The van der Waals surface area contributed by atoms with E-state index >= 15 is 0 Å². The Morgan fingerprint density at radius 3 is 2.39 bits per heavy atom. The Morgan fingerprint density at radius 1 is 1.04 bits per heavy atom. The molecule has 2 amide bonds. The smallest absolute Gasteiger partial charge is 0.245 e. The molecule has 0 heterocycles. The molecule has 1 atom stereocenters. The van der Waals surface area contributed by atoms with E-state index in [1.807, 2.05) is 30.3 Å². The summed E-state index contributed by atoms with van der Waals surface area (Å²) in [5.41, 5.74) is 2.68. The van der Waals surface area contributed by atoms with Gasteiger partial charge in [0.15, 0.2) is 0 Å². The van der Waals surface area contributed by atoms with Crippen molar-refractivity contribution in [2.75, 3.05) is 0 Å². The van der Waals surface area contributed by atoms with E-state index in [1.54, 1.807) is 5.48 Å². The Labute approximate surface area is 138 Å². The average Bonchev–Trinajstić information content (AvgIpc) is 2.55. The van der Waals surface area contributed by atoms with Crippen molar-refractivity contribution in [1.29, 1.82) is 0 Å². The maximum atomic E-state index is 12.0. The minimum Gasteiger partial charge on any atom is -0.353 e. The van der Waals surface area contributed by atoms with Gasteiger partial charge in [0, 0.05) is 18.9 Å². The first-order valence-electron chi connectivity index (χ1n) is 8.42. The summed E-state index contributed by atoms with van der Waals surface area (Å²) in [4.78, 5) is 23.5. The predicted molar refractivity (Wildman–Crippen MR) is 90.0 cm³/mol. The second-order valence-electron chi connectivity index (χ2n) is 5.86. The van der Waals surface area contributed by atoms with Crippen molar-refractivity contribution >= 4 is 11.8 Å². The van der Waals surface area contributed by atoms with Gasteiger partial charge in [-0.2, -0.15) is 0 Å². The van der Waals surface area contributed by atoms with Gasteiger partial charge in [-0.15, -0.1) is 0 Å². The highest BCUT2D eigenvalue weighted by Crippen LogP contribution is 2.08. The van der Waals surface area contributed by atoms with E-state index in [0.717, 1.165) is 24.8 Å². The highest BCUT2D eigenvalue weighted by Gasteiger charge is 2.16. The fourth-order valence-corrected chi connectivity index (χ4v) is 2.53. The Kier molecular flexibility index (Phi) is 9.71. The van der Waals surface area contributed by atoms with Crippen molar-refractivity contribution in [2.45, 2.75) is 64.3 Å². The van der Waals surface area contributed by atoms with Crippen LogP contribution in [0.3, 0.4) is 0 Å². The van der Waals surface area contributed by atoms with Crippen LogP contribution in [0.1, 0.15) is 57.4 Å². The summed E-state index contributed by atoms with van der Waals surface area (Å²) in [5, 5.41) is 11.6. The Morgan fingerprint density at radius 2 is 1.74 bits per heavy atom. The third-order valence-corrected chi connectivity index (χ3v) is 3.75. The maximum Gasteiger partial charge on any atom is 0.245 e. The molecule has 0 aliphatic rings. The lowest BCUT2D eigenvalue weighted by atomic mass is 10.0. The van der Waals surface area contributed by atoms with Gasteiger partial charge in [0.1, 0.15) is 0 Å². The minimum atomic E-state index is -0.492. The number of hydroxylamine groups is 1. The molecule has 0 spiro atoms. The lowest BCUT2D eigenvalue weighted by Crippen LogP contribution is -2.40. The van der Waals surface area contributed by atoms with Gasteiger partial charge in [0.25, 0.3) is 0 Å². The van der Waals surface area contributed by atoms with Gasteiger partial charge in [0.2, 0.25) is 11.8 Å². The highest BCUT2D eigenvalue weighted by atomic mass is 16.5. The molecule has 128 valence electrons. The van der Waals surface area contributed by atoms with Gasteiger partial charge >= 0.3 is 0 Å². The number of rotatable bonds is 11. The number of carbonyl (C=O) groups excluding carboxylic acids is 2. The van der Waals surface area contributed by atoms with Crippen LogP contribution in [-0.2, 0) is 16.0 Å². The van der Waals surface area contributed by atoms with E-state index in [1.165, 1.54) is 12.8 Å². The molecule has 0 fully saturated rings. The summed E-state index contributed by atoms with van der Waals surface area (Å²) in [6.45, 7) is 2.16. The van der Waals surface area contributed by atoms with Gasteiger partial charge < -0.3 is 5.32 Å². The standard InChI is InChI=1S/C18H28N2O3/c1-2-3-4-5-9-12-17(21)19-16(14-18(22)20-23)13-15-10-7-6-8-11-15/h6-8,10-11,16,23H,2-5,9,12-14H2,1H3,(H,19,21)(H,20,22)/t16-/m1/s1. The molecule has 0 aromatic heterocycles. The first-order valence-corrected chi connectivity index (χ1v) is 8.42. The predicted octanol–water partition coefficient (Wildman–Crippen LogP) is 2.97. The zero-order valence-corrected chi connectivity index (χ0v) is 13.9. The number of unbranched alkanes of at least 4 members (excludes halogenated alkanes) is 4. The summed E-state index contributed by atoms with van der Waals surface area (Å²) >= 11 is 0. The number of carbonyl (C=O) groups is 2. The molecule has 0 saturated heterocycles. The number of benzene rings is 1. The summed E-state index contributed by atoms with van der Waals surface area (Å²) < 4.78 is 0. The summed E-state index contributed by atoms with van der Waals surface area (Å²) in [7, 11) is 0. The van der Waals surface area contributed by atoms with Crippen LogP contribution >= 0.6 is 0 Å². The quantitative estimate of drug-likeness (QED) is 0.333. The van der Waals surface area contributed by atoms with Crippen molar-refractivity contribution in [3.05, 3.63) is 35.9 Å². The molecule has 5 heteroatoms. The van der Waals surface area contributed by atoms with E-state index < -0.39 is 5.91 Å². The topological polar surface area (TPSA) is 78.4 Å². The van der Waals surface area contributed by atoms with E-state index in [0.29, 0.717) is 12.8 Å². The molecule has 0 radical (unpaired) electrons. The van der Waals surface area contributed by atoms with Crippen LogP contribution in [0.5, 0.6) is 0 Å². The van der Waals surface area contributed by atoms with E-state index in [2.05, 4.69) is 12.2 Å². The number of hydrogen-bond donors (Lipinski definition) is 3. The van der Waals surface area contributed by atoms with Crippen LogP contribution in [0.25, 0.3) is 0 Å². The van der Waals surface area contributed by atoms with Gasteiger partial charge in [-0.3, -0.25) is 14.8 Å². The molecule has 1 rings (SSSR count). The molecule has 0 aliphatic heterocycles.